The van der Waals surface area contributed by atoms with Crippen LogP contribution in [0.3, 0.4) is 0 Å². The molecule has 2 aromatic heterocycles. The van der Waals surface area contributed by atoms with Gasteiger partial charge in [0.2, 0.25) is 5.88 Å². The van der Waals surface area contributed by atoms with Gasteiger partial charge in [-0.3, -0.25) is 0 Å². The average Bonchev–Trinajstić information content (AvgIpc) is 2.97. The zero-order valence-corrected chi connectivity index (χ0v) is 11.5. The molecule has 0 atom stereocenters. The Hall–Kier alpha value is -1.94. The van der Waals surface area contributed by atoms with Crippen LogP contribution in [0.4, 0.5) is 5.88 Å². The number of anilines is 1. The van der Waals surface area contributed by atoms with Crippen LogP contribution in [-0.4, -0.2) is 31.6 Å². The van der Waals surface area contributed by atoms with Gasteiger partial charge in [-0.05, 0) is 6.92 Å². The number of esters is 1. The maximum Gasteiger partial charge on any atom is 0.358 e. The molecule has 8 nitrogen and oxygen atoms in total. The SMILES string of the molecule is COC(=O)c1ncsc1S(=O)(=O)Nc1cc(C)no1. The summed E-state index contributed by atoms with van der Waals surface area (Å²) in [5.41, 5.74) is 1.50. The number of hydrogen-bond acceptors (Lipinski definition) is 8. The van der Waals surface area contributed by atoms with Gasteiger partial charge >= 0.3 is 5.97 Å². The van der Waals surface area contributed by atoms with Crippen LogP contribution in [-0.2, 0) is 14.8 Å². The second-order valence-electron chi connectivity index (χ2n) is 3.42. The molecule has 19 heavy (non-hydrogen) atoms. The first kappa shape index (κ1) is 13.5. The van der Waals surface area contributed by atoms with Crippen molar-refractivity contribution in [3.8, 4) is 0 Å². The lowest BCUT2D eigenvalue weighted by Gasteiger charge is -2.03. The minimum atomic E-state index is -3.97. The normalized spacial score (nSPS) is 11.3. The number of hydrogen-bond donors (Lipinski definition) is 1. The molecular formula is C9H9N3O5S2. The molecule has 0 fully saturated rings. The largest absolute Gasteiger partial charge is 0.464 e. The molecule has 0 aliphatic carbocycles. The summed E-state index contributed by atoms with van der Waals surface area (Å²) in [5.74, 6) is -0.864. The number of methoxy groups -OCH3 is 1. The predicted octanol–water partition coefficient (Wildman–Crippen LogP) is 1.03. The molecule has 2 rings (SSSR count). The van der Waals surface area contributed by atoms with E-state index < -0.39 is 16.0 Å². The lowest BCUT2D eigenvalue weighted by molar-refractivity contribution is 0.0590. The summed E-state index contributed by atoms with van der Waals surface area (Å²) in [7, 11) is -2.83. The third-order valence-corrected chi connectivity index (χ3v) is 4.74. The van der Waals surface area contributed by atoms with Crippen molar-refractivity contribution in [3.05, 3.63) is 23.0 Å². The summed E-state index contributed by atoms with van der Waals surface area (Å²) in [6.45, 7) is 1.65. The summed E-state index contributed by atoms with van der Waals surface area (Å²) < 4.78 is 35.3. The van der Waals surface area contributed by atoms with E-state index >= 15 is 0 Å². The van der Waals surface area contributed by atoms with Gasteiger partial charge in [-0.15, -0.1) is 11.3 Å². The highest BCUT2D eigenvalue weighted by atomic mass is 32.2. The van der Waals surface area contributed by atoms with Crippen molar-refractivity contribution in [2.45, 2.75) is 11.1 Å². The van der Waals surface area contributed by atoms with Crippen LogP contribution >= 0.6 is 11.3 Å². The maximum absolute atomic E-state index is 12.1. The molecular weight excluding hydrogens is 294 g/mol. The molecule has 0 aliphatic rings. The fourth-order valence-corrected chi connectivity index (χ4v) is 3.36. The number of nitrogens with zero attached hydrogens (tertiary/aromatic N) is 2. The third kappa shape index (κ3) is 2.74. The monoisotopic (exact) mass is 303 g/mol. The van der Waals surface area contributed by atoms with Crippen molar-refractivity contribution >= 4 is 33.2 Å². The van der Waals surface area contributed by atoms with Gasteiger partial charge in [0.1, 0.15) is 0 Å². The fraction of sp³-hybridized carbons (Fsp3) is 0.222. The topological polar surface area (TPSA) is 111 Å². The Bertz CT molecular complexity index is 703. The minimum Gasteiger partial charge on any atom is -0.464 e. The molecule has 0 saturated heterocycles. The molecule has 0 radical (unpaired) electrons. The molecule has 0 saturated carbocycles. The van der Waals surface area contributed by atoms with Gasteiger partial charge in [0.25, 0.3) is 10.0 Å². The van der Waals surface area contributed by atoms with Crippen LogP contribution in [0.5, 0.6) is 0 Å². The van der Waals surface area contributed by atoms with E-state index in [4.69, 9.17) is 4.52 Å². The molecule has 0 amide bonds. The molecule has 0 spiro atoms. The first-order chi connectivity index (χ1) is 8.94. The molecule has 2 aromatic rings. The molecule has 0 aromatic carbocycles. The standard InChI is InChI=1S/C9H9N3O5S2/c1-5-3-6(17-11-5)12-19(14,15)9-7(8(13)16-2)10-4-18-9/h3-4,12H,1-2H3. The van der Waals surface area contributed by atoms with E-state index in [0.717, 1.165) is 18.4 Å². The Morgan fingerprint density at radius 2 is 2.26 bits per heavy atom. The Morgan fingerprint density at radius 3 is 2.84 bits per heavy atom. The number of ether oxygens (including phenoxy) is 1. The first-order valence-corrected chi connectivity index (χ1v) is 7.28. The van der Waals surface area contributed by atoms with Gasteiger partial charge in [0, 0.05) is 6.07 Å². The van der Waals surface area contributed by atoms with E-state index in [1.165, 1.54) is 11.6 Å². The lowest BCUT2D eigenvalue weighted by Crippen LogP contribution is -2.15. The Morgan fingerprint density at radius 1 is 1.53 bits per heavy atom. The maximum atomic E-state index is 12.1. The summed E-state index contributed by atoms with van der Waals surface area (Å²) in [6.07, 6.45) is 0. The summed E-state index contributed by atoms with van der Waals surface area (Å²) >= 11 is 0.802. The minimum absolute atomic E-state index is 0.0401. The van der Waals surface area contributed by atoms with E-state index in [1.54, 1.807) is 6.92 Å². The van der Waals surface area contributed by atoms with Gasteiger partial charge < -0.3 is 9.26 Å². The van der Waals surface area contributed by atoms with Crippen LogP contribution in [0.1, 0.15) is 16.2 Å². The number of aryl methyl sites for hydroxylation is 1. The van der Waals surface area contributed by atoms with E-state index in [1.807, 2.05) is 0 Å². The van der Waals surface area contributed by atoms with E-state index in [9.17, 15) is 13.2 Å². The molecule has 0 unspecified atom stereocenters. The van der Waals surface area contributed by atoms with Crippen molar-refractivity contribution < 1.29 is 22.5 Å². The number of aromatic nitrogens is 2. The van der Waals surface area contributed by atoms with Gasteiger partial charge in [0.15, 0.2) is 9.90 Å². The van der Waals surface area contributed by atoms with Gasteiger partial charge in [-0.25, -0.2) is 22.9 Å². The van der Waals surface area contributed by atoms with Gasteiger partial charge in [-0.1, -0.05) is 5.16 Å². The van der Waals surface area contributed by atoms with Crippen molar-refractivity contribution in [2.24, 2.45) is 0 Å². The lowest BCUT2D eigenvalue weighted by atomic mass is 10.5. The summed E-state index contributed by atoms with van der Waals surface area (Å²) in [4.78, 5) is 15.1. The fourth-order valence-electron chi connectivity index (χ4n) is 1.25. The number of thiazole rings is 1. The van der Waals surface area contributed by atoms with Gasteiger partial charge in [-0.2, -0.15) is 0 Å². The first-order valence-electron chi connectivity index (χ1n) is 4.92. The zero-order valence-electron chi connectivity index (χ0n) is 9.91. The molecule has 0 aliphatic heterocycles. The second kappa shape index (κ2) is 4.97. The number of rotatable bonds is 4. The van der Waals surface area contributed by atoms with Crippen molar-refractivity contribution in [2.75, 3.05) is 11.8 Å². The van der Waals surface area contributed by atoms with E-state index in [0.29, 0.717) is 5.69 Å². The van der Waals surface area contributed by atoms with Crippen LogP contribution in [0, 0.1) is 6.92 Å². The highest BCUT2D eigenvalue weighted by Gasteiger charge is 2.27. The van der Waals surface area contributed by atoms with Crippen LogP contribution < -0.4 is 4.72 Å². The van der Waals surface area contributed by atoms with Crippen molar-refractivity contribution in [1.29, 1.82) is 0 Å². The summed E-state index contributed by atoms with van der Waals surface area (Å²) in [5, 5.41) is 3.55. The van der Waals surface area contributed by atoms with Crippen LogP contribution in [0.15, 0.2) is 20.3 Å². The van der Waals surface area contributed by atoms with Crippen LogP contribution in [0.2, 0.25) is 0 Å². The van der Waals surface area contributed by atoms with Crippen molar-refractivity contribution in [3.63, 3.8) is 0 Å². The predicted molar refractivity (Wildman–Crippen MR) is 65.5 cm³/mol. The number of carbonyl (C=O) groups is 1. The van der Waals surface area contributed by atoms with Crippen LogP contribution in [0.25, 0.3) is 0 Å². The Labute approximate surface area is 112 Å². The highest BCUT2D eigenvalue weighted by molar-refractivity contribution is 7.94. The molecule has 1 N–H and O–H groups in total. The Kier molecular flexibility index (Phi) is 3.53. The highest BCUT2D eigenvalue weighted by Crippen LogP contribution is 2.23. The Balaban J connectivity index is 2.35. The number of carbonyl (C=O) groups excluding carboxylic acids is 1. The van der Waals surface area contributed by atoms with Crippen molar-refractivity contribution in [1.82, 2.24) is 10.1 Å². The smallest absolute Gasteiger partial charge is 0.358 e. The number of nitrogens with one attached hydrogen (secondary N) is 1. The van der Waals surface area contributed by atoms with Gasteiger partial charge in [0.05, 0.1) is 18.3 Å². The zero-order chi connectivity index (χ0) is 14.0. The second-order valence-corrected chi connectivity index (χ2v) is 6.15. The molecule has 2 heterocycles. The molecule has 102 valence electrons. The van der Waals surface area contributed by atoms with E-state index in [-0.39, 0.29) is 15.8 Å². The third-order valence-electron chi connectivity index (χ3n) is 2.02. The number of sulfonamides is 1. The van der Waals surface area contributed by atoms with E-state index in [2.05, 4.69) is 19.6 Å². The average molecular weight is 303 g/mol. The quantitative estimate of drug-likeness (QED) is 0.839. The molecule has 10 heteroatoms. The summed E-state index contributed by atoms with van der Waals surface area (Å²) in [6, 6.07) is 1.41. The molecule has 0 bridgehead atoms.